The molecular formula is C15H22N2O2S. The molecular weight excluding hydrogens is 272 g/mol. The van der Waals surface area contributed by atoms with Crippen LogP contribution in [0.25, 0.3) is 0 Å². The third kappa shape index (κ3) is 4.49. The minimum atomic E-state index is -0.615. The number of nitrogens with one attached hydrogen (secondary N) is 1. The van der Waals surface area contributed by atoms with Gasteiger partial charge in [-0.1, -0.05) is 31.3 Å². The normalized spacial score (nSPS) is 12.6. The van der Waals surface area contributed by atoms with Gasteiger partial charge in [0.25, 0.3) is 5.91 Å². The molecule has 0 saturated carbocycles. The quantitative estimate of drug-likeness (QED) is 0.791. The molecule has 1 unspecified atom stereocenters. The fraction of sp³-hybridized carbons (Fsp3) is 0.467. The number of benzene rings is 1. The first kappa shape index (κ1) is 16.4. The lowest BCUT2D eigenvalue weighted by molar-refractivity contribution is -0.128. The third-order valence-electron chi connectivity index (χ3n) is 3.17. The number of ether oxygens (including phenoxy) is 1. The van der Waals surface area contributed by atoms with E-state index in [1.807, 2.05) is 32.9 Å². The van der Waals surface area contributed by atoms with E-state index in [1.54, 1.807) is 19.1 Å². The molecule has 0 aliphatic heterocycles. The van der Waals surface area contributed by atoms with Crippen LogP contribution in [-0.2, 0) is 4.79 Å². The number of carbonyl (C=O) groups excluding carboxylic acids is 1. The van der Waals surface area contributed by atoms with Crippen LogP contribution in [0.4, 0.5) is 0 Å². The van der Waals surface area contributed by atoms with Crippen LogP contribution in [-0.4, -0.2) is 22.5 Å². The fourth-order valence-corrected chi connectivity index (χ4v) is 1.71. The third-order valence-corrected chi connectivity index (χ3v) is 3.39. The SMILES string of the molecule is CCC(C)(C)NC(=O)C(C)Oc1ccccc1C(N)=S. The second-order valence-corrected chi connectivity index (χ2v) is 5.79. The van der Waals surface area contributed by atoms with Crippen molar-refractivity contribution in [1.29, 1.82) is 0 Å². The maximum absolute atomic E-state index is 12.1. The molecule has 1 rings (SSSR count). The Kier molecular flexibility index (Phi) is 5.51. The van der Waals surface area contributed by atoms with E-state index in [4.69, 9.17) is 22.7 Å². The van der Waals surface area contributed by atoms with Gasteiger partial charge in [-0.3, -0.25) is 4.79 Å². The summed E-state index contributed by atoms with van der Waals surface area (Å²) < 4.78 is 5.68. The molecule has 0 aromatic heterocycles. The lowest BCUT2D eigenvalue weighted by atomic mass is 10.0. The van der Waals surface area contributed by atoms with Gasteiger partial charge in [0.15, 0.2) is 6.10 Å². The fourth-order valence-electron chi connectivity index (χ4n) is 1.54. The van der Waals surface area contributed by atoms with E-state index >= 15 is 0 Å². The average Bonchev–Trinajstić information content (AvgIpc) is 2.38. The molecule has 110 valence electrons. The highest BCUT2D eigenvalue weighted by molar-refractivity contribution is 7.80. The smallest absolute Gasteiger partial charge is 0.261 e. The molecule has 0 aliphatic rings. The Hall–Kier alpha value is -1.62. The number of hydrogen-bond acceptors (Lipinski definition) is 3. The van der Waals surface area contributed by atoms with E-state index in [2.05, 4.69) is 5.32 Å². The highest BCUT2D eigenvalue weighted by Crippen LogP contribution is 2.19. The Bertz CT molecular complexity index is 500. The predicted octanol–water partition coefficient (Wildman–Crippen LogP) is 2.39. The van der Waals surface area contributed by atoms with Crippen LogP contribution < -0.4 is 15.8 Å². The Morgan fingerprint density at radius 2 is 2.05 bits per heavy atom. The topological polar surface area (TPSA) is 64.3 Å². The molecule has 0 heterocycles. The van der Waals surface area contributed by atoms with Gasteiger partial charge in [0.2, 0.25) is 0 Å². The average molecular weight is 294 g/mol. The predicted molar refractivity (Wildman–Crippen MR) is 84.9 cm³/mol. The van der Waals surface area contributed by atoms with Crippen molar-refractivity contribution in [2.45, 2.75) is 45.8 Å². The lowest BCUT2D eigenvalue weighted by Crippen LogP contribution is -2.48. The lowest BCUT2D eigenvalue weighted by Gasteiger charge is -2.27. The van der Waals surface area contributed by atoms with E-state index in [-0.39, 0.29) is 16.4 Å². The van der Waals surface area contributed by atoms with Crippen molar-refractivity contribution < 1.29 is 9.53 Å². The van der Waals surface area contributed by atoms with E-state index < -0.39 is 6.10 Å². The Morgan fingerprint density at radius 3 is 2.60 bits per heavy atom. The molecule has 0 spiro atoms. The Balaban J connectivity index is 2.79. The summed E-state index contributed by atoms with van der Waals surface area (Å²) in [6.45, 7) is 7.67. The summed E-state index contributed by atoms with van der Waals surface area (Å²) in [5.41, 5.74) is 6.02. The van der Waals surface area contributed by atoms with Crippen molar-refractivity contribution in [2.75, 3.05) is 0 Å². The number of carbonyl (C=O) groups is 1. The summed E-state index contributed by atoms with van der Waals surface area (Å²) in [5, 5.41) is 2.95. The van der Waals surface area contributed by atoms with Crippen molar-refractivity contribution in [1.82, 2.24) is 5.32 Å². The first-order valence-electron chi connectivity index (χ1n) is 6.64. The van der Waals surface area contributed by atoms with Gasteiger partial charge in [-0.05, 0) is 39.3 Å². The second kappa shape index (κ2) is 6.70. The number of nitrogens with two attached hydrogens (primary N) is 1. The number of rotatable bonds is 6. The van der Waals surface area contributed by atoms with Crippen molar-refractivity contribution >= 4 is 23.1 Å². The first-order valence-corrected chi connectivity index (χ1v) is 7.05. The number of amides is 1. The molecule has 1 aromatic carbocycles. The van der Waals surface area contributed by atoms with Crippen LogP contribution >= 0.6 is 12.2 Å². The number of para-hydroxylation sites is 1. The van der Waals surface area contributed by atoms with Gasteiger partial charge in [-0.2, -0.15) is 0 Å². The molecule has 0 saturated heterocycles. The molecule has 5 heteroatoms. The van der Waals surface area contributed by atoms with Crippen LogP contribution in [0.5, 0.6) is 5.75 Å². The molecule has 0 aliphatic carbocycles. The summed E-state index contributed by atoms with van der Waals surface area (Å²) >= 11 is 4.97. The minimum absolute atomic E-state index is 0.158. The zero-order chi connectivity index (χ0) is 15.3. The molecule has 1 aromatic rings. The highest BCUT2D eigenvalue weighted by atomic mass is 32.1. The van der Waals surface area contributed by atoms with Gasteiger partial charge in [0.1, 0.15) is 10.7 Å². The van der Waals surface area contributed by atoms with Crippen molar-refractivity contribution in [3.05, 3.63) is 29.8 Å². The largest absolute Gasteiger partial charge is 0.480 e. The van der Waals surface area contributed by atoms with Crippen molar-refractivity contribution in [2.24, 2.45) is 5.73 Å². The molecule has 20 heavy (non-hydrogen) atoms. The minimum Gasteiger partial charge on any atom is -0.480 e. The van der Waals surface area contributed by atoms with Crippen LogP contribution in [0.1, 0.15) is 39.7 Å². The molecule has 0 fully saturated rings. The van der Waals surface area contributed by atoms with Gasteiger partial charge in [-0.15, -0.1) is 0 Å². The van der Waals surface area contributed by atoms with E-state index in [0.717, 1.165) is 6.42 Å². The second-order valence-electron chi connectivity index (χ2n) is 5.35. The molecule has 3 N–H and O–H groups in total. The number of hydrogen-bond donors (Lipinski definition) is 2. The molecule has 1 atom stereocenters. The van der Waals surface area contributed by atoms with E-state index in [1.165, 1.54) is 0 Å². The summed E-state index contributed by atoms with van der Waals surface area (Å²) in [5.74, 6) is 0.367. The molecule has 0 bridgehead atoms. The Labute approximate surface area is 125 Å². The summed E-state index contributed by atoms with van der Waals surface area (Å²) in [4.78, 5) is 12.4. The van der Waals surface area contributed by atoms with Gasteiger partial charge < -0.3 is 15.8 Å². The van der Waals surface area contributed by atoms with Crippen LogP contribution in [0.3, 0.4) is 0 Å². The molecule has 1 amide bonds. The van der Waals surface area contributed by atoms with Crippen LogP contribution in [0, 0.1) is 0 Å². The Morgan fingerprint density at radius 1 is 1.45 bits per heavy atom. The standard InChI is InChI=1S/C15H22N2O2S/c1-5-15(3,4)17-14(18)10(2)19-12-9-7-6-8-11(12)13(16)20/h6-10H,5H2,1-4H3,(H2,16,20)(H,17,18). The van der Waals surface area contributed by atoms with Gasteiger partial charge in [0, 0.05) is 5.54 Å². The van der Waals surface area contributed by atoms with Gasteiger partial charge in [0.05, 0.1) is 5.56 Å². The van der Waals surface area contributed by atoms with Crippen molar-refractivity contribution in [3.63, 3.8) is 0 Å². The van der Waals surface area contributed by atoms with Gasteiger partial charge >= 0.3 is 0 Å². The summed E-state index contributed by atoms with van der Waals surface area (Å²) in [6.07, 6.45) is 0.228. The zero-order valence-corrected chi connectivity index (χ0v) is 13.2. The zero-order valence-electron chi connectivity index (χ0n) is 12.4. The molecule has 4 nitrogen and oxygen atoms in total. The van der Waals surface area contributed by atoms with Gasteiger partial charge in [-0.25, -0.2) is 0 Å². The van der Waals surface area contributed by atoms with E-state index in [0.29, 0.717) is 11.3 Å². The summed E-state index contributed by atoms with van der Waals surface area (Å²) in [7, 11) is 0. The van der Waals surface area contributed by atoms with Crippen LogP contribution in [0.2, 0.25) is 0 Å². The van der Waals surface area contributed by atoms with Crippen LogP contribution in [0.15, 0.2) is 24.3 Å². The van der Waals surface area contributed by atoms with Crippen molar-refractivity contribution in [3.8, 4) is 5.75 Å². The first-order chi connectivity index (χ1) is 9.26. The number of thiocarbonyl (C=S) groups is 1. The maximum Gasteiger partial charge on any atom is 0.261 e. The maximum atomic E-state index is 12.1. The highest BCUT2D eigenvalue weighted by Gasteiger charge is 2.23. The summed E-state index contributed by atoms with van der Waals surface area (Å²) in [6, 6.07) is 7.17. The molecule has 0 radical (unpaired) electrons. The van der Waals surface area contributed by atoms with E-state index in [9.17, 15) is 4.79 Å². The monoisotopic (exact) mass is 294 g/mol.